The van der Waals surface area contributed by atoms with Crippen molar-refractivity contribution >= 4 is 5.91 Å². The molecule has 1 amide bonds. The van der Waals surface area contributed by atoms with Crippen molar-refractivity contribution in [2.75, 3.05) is 6.61 Å². The third-order valence-corrected chi connectivity index (χ3v) is 2.67. The Hall–Kier alpha value is -1.55. The number of hydrogen-bond acceptors (Lipinski definition) is 3. The number of carbonyl (C=O) groups excluding carboxylic acids is 1. The average molecular weight is 237 g/mol. The van der Waals surface area contributed by atoms with Gasteiger partial charge in [0.05, 0.1) is 0 Å². The molecule has 1 unspecified atom stereocenters. The molecule has 0 radical (unpaired) electrons. The lowest BCUT2D eigenvalue weighted by atomic mass is 10.0. The van der Waals surface area contributed by atoms with Crippen LogP contribution in [0.1, 0.15) is 30.6 Å². The van der Waals surface area contributed by atoms with Gasteiger partial charge in [0.1, 0.15) is 5.75 Å². The zero-order valence-corrected chi connectivity index (χ0v) is 10.2. The van der Waals surface area contributed by atoms with Crippen molar-refractivity contribution in [3.8, 4) is 5.75 Å². The minimum absolute atomic E-state index is 0.0448. The highest BCUT2D eigenvalue weighted by Crippen LogP contribution is 2.12. The summed E-state index contributed by atoms with van der Waals surface area (Å²) in [4.78, 5) is 11.9. The molecular formula is C13H19NO3. The molecule has 4 heteroatoms. The average Bonchev–Trinajstić information content (AvgIpc) is 2.28. The van der Waals surface area contributed by atoms with E-state index in [4.69, 9.17) is 5.11 Å². The largest absolute Gasteiger partial charge is 0.508 e. The van der Waals surface area contributed by atoms with E-state index in [9.17, 15) is 9.90 Å². The first-order chi connectivity index (χ1) is 8.04. The Morgan fingerprint density at radius 1 is 1.41 bits per heavy atom. The quantitative estimate of drug-likeness (QED) is 0.727. The smallest absolute Gasteiger partial charge is 0.251 e. The molecule has 0 aliphatic carbocycles. The van der Waals surface area contributed by atoms with Gasteiger partial charge in [0.25, 0.3) is 5.91 Å². The maximum Gasteiger partial charge on any atom is 0.251 e. The molecule has 0 saturated carbocycles. The number of phenolic OH excluding ortho intramolecular Hbond substituents is 1. The van der Waals surface area contributed by atoms with Crippen LogP contribution in [0.2, 0.25) is 0 Å². The number of nitrogens with one attached hydrogen (secondary N) is 1. The number of carbonyl (C=O) groups is 1. The molecule has 0 fully saturated rings. The molecule has 1 aromatic carbocycles. The Balaban J connectivity index is 2.70. The molecule has 94 valence electrons. The highest BCUT2D eigenvalue weighted by Gasteiger charge is 2.16. The first kappa shape index (κ1) is 13.5. The number of rotatable bonds is 5. The summed E-state index contributed by atoms with van der Waals surface area (Å²) in [6.45, 7) is 4.02. The summed E-state index contributed by atoms with van der Waals surface area (Å²) in [7, 11) is 0. The van der Waals surface area contributed by atoms with Crippen molar-refractivity contribution in [3.05, 3.63) is 29.8 Å². The second-order valence-corrected chi connectivity index (χ2v) is 4.39. The van der Waals surface area contributed by atoms with Gasteiger partial charge in [0, 0.05) is 18.2 Å². The summed E-state index contributed by atoms with van der Waals surface area (Å²) in [5.74, 6) is 0.0948. The number of aliphatic hydroxyl groups excluding tert-OH is 1. The van der Waals surface area contributed by atoms with Crippen molar-refractivity contribution in [2.24, 2.45) is 5.92 Å². The third kappa shape index (κ3) is 4.07. The second kappa shape index (κ2) is 6.25. The predicted octanol–water partition coefficient (Wildman–Crippen LogP) is 1.53. The summed E-state index contributed by atoms with van der Waals surface area (Å²) in [6.07, 6.45) is 0.530. The molecule has 4 nitrogen and oxygen atoms in total. The normalized spacial score (nSPS) is 12.5. The van der Waals surface area contributed by atoms with Gasteiger partial charge in [-0.1, -0.05) is 19.9 Å². The van der Waals surface area contributed by atoms with Crippen LogP contribution in [0.3, 0.4) is 0 Å². The third-order valence-electron chi connectivity index (χ3n) is 2.67. The maximum absolute atomic E-state index is 11.9. The molecule has 0 aliphatic heterocycles. The number of benzene rings is 1. The molecule has 0 aliphatic rings. The van der Waals surface area contributed by atoms with Crippen LogP contribution in [0.5, 0.6) is 5.75 Å². The topological polar surface area (TPSA) is 69.6 Å². The summed E-state index contributed by atoms with van der Waals surface area (Å²) in [6, 6.07) is 6.15. The summed E-state index contributed by atoms with van der Waals surface area (Å²) in [5.41, 5.74) is 0.425. The van der Waals surface area contributed by atoms with E-state index in [1.54, 1.807) is 12.1 Å². The standard InChI is InChI=1S/C13H19NO3/c1-9(2)12(6-7-15)14-13(17)10-4-3-5-11(16)8-10/h3-5,8-9,12,15-16H,6-7H2,1-2H3,(H,14,17). The Morgan fingerprint density at radius 3 is 2.65 bits per heavy atom. The molecule has 0 heterocycles. The molecule has 1 aromatic rings. The number of hydrogen-bond donors (Lipinski definition) is 3. The lowest BCUT2D eigenvalue weighted by molar-refractivity contribution is 0.0916. The zero-order valence-electron chi connectivity index (χ0n) is 10.2. The van der Waals surface area contributed by atoms with Gasteiger partial charge in [-0.05, 0) is 30.5 Å². The van der Waals surface area contributed by atoms with E-state index >= 15 is 0 Å². The fraction of sp³-hybridized carbons (Fsp3) is 0.462. The Labute approximate surface area is 101 Å². The molecule has 1 rings (SSSR count). The van der Waals surface area contributed by atoms with Gasteiger partial charge in [-0.2, -0.15) is 0 Å². The lowest BCUT2D eigenvalue weighted by Gasteiger charge is -2.21. The maximum atomic E-state index is 11.9. The second-order valence-electron chi connectivity index (χ2n) is 4.39. The summed E-state index contributed by atoms with van der Waals surface area (Å²) in [5, 5.41) is 21.1. The lowest BCUT2D eigenvalue weighted by Crippen LogP contribution is -2.39. The molecule has 0 saturated heterocycles. The first-order valence-electron chi connectivity index (χ1n) is 5.75. The van der Waals surface area contributed by atoms with E-state index in [2.05, 4.69) is 5.32 Å². The summed E-state index contributed by atoms with van der Waals surface area (Å²) < 4.78 is 0. The van der Waals surface area contributed by atoms with E-state index in [-0.39, 0.29) is 30.2 Å². The molecular weight excluding hydrogens is 218 g/mol. The summed E-state index contributed by atoms with van der Waals surface area (Å²) >= 11 is 0. The van der Waals surface area contributed by atoms with Gasteiger partial charge in [0.2, 0.25) is 0 Å². The molecule has 17 heavy (non-hydrogen) atoms. The van der Waals surface area contributed by atoms with Gasteiger partial charge >= 0.3 is 0 Å². The minimum Gasteiger partial charge on any atom is -0.508 e. The van der Waals surface area contributed by atoms with Crippen LogP contribution < -0.4 is 5.32 Å². The molecule has 3 N–H and O–H groups in total. The predicted molar refractivity (Wildman–Crippen MR) is 65.9 cm³/mol. The minimum atomic E-state index is -0.229. The molecule has 1 atom stereocenters. The van der Waals surface area contributed by atoms with Gasteiger partial charge in [0.15, 0.2) is 0 Å². The van der Waals surface area contributed by atoms with Crippen LogP contribution in [0.15, 0.2) is 24.3 Å². The zero-order chi connectivity index (χ0) is 12.8. The number of amides is 1. The Kier molecular flexibility index (Phi) is 4.97. The molecule has 0 spiro atoms. The number of aliphatic hydroxyl groups is 1. The monoisotopic (exact) mass is 237 g/mol. The van der Waals surface area contributed by atoms with Gasteiger partial charge in [-0.15, -0.1) is 0 Å². The number of phenols is 1. The van der Waals surface area contributed by atoms with Crippen molar-refractivity contribution in [3.63, 3.8) is 0 Å². The van der Waals surface area contributed by atoms with E-state index in [1.807, 2.05) is 13.8 Å². The molecule has 0 aromatic heterocycles. The SMILES string of the molecule is CC(C)C(CCO)NC(=O)c1cccc(O)c1. The fourth-order valence-corrected chi connectivity index (χ4v) is 1.61. The van der Waals surface area contributed by atoms with Crippen LogP contribution in [-0.4, -0.2) is 28.8 Å². The van der Waals surface area contributed by atoms with Crippen molar-refractivity contribution in [2.45, 2.75) is 26.3 Å². The van der Waals surface area contributed by atoms with E-state index in [0.29, 0.717) is 12.0 Å². The van der Waals surface area contributed by atoms with Gasteiger partial charge in [-0.25, -0.2) is 0 Å². The van der Waals surface area contributed by atoms with E-state index in [0.717, 1.165) is 0 Å². The van der Waals surface area contributed by atoms with Crippen molar-refractivity contribution in [1.82, 2.24) is 5.32 Å². The van der Waals surface area contributed by atoms with Crippen LogP contribution in [0, 0.1) is 5.92 Å². The van der Waals surface area contributed by atoms with Crippen molar-refractivity contribution < 1.29 is 15.0 Å². The van der Waals surface area contributed by atoms with Crippen LogP contribution in [0.25, 0.3) is 0 Å². The highest BCUT2D eigenvalue weighted by atomic mass is 16.3. The Bertz CT molecular complexity index is 377. The van der Waals surface area contributed by atoms with Crippen LogP contribution >= 0.6 is 0 Å². The van der Waals surface area contributed by atoms with Gasteiger partial charge < -0.3 is 15.5 Å². The van der Waals surface area contributed by atoms with Crippen molar-refractivity contribution in [1.29, 1.82) is 0 Å². The highest BCUT2D eigenvalue weighted by molar-refractivity contribution is 5.94. The molecule has 0 bridgehead atoms. The van der Waals surface area contributed by atoms with E-state index < -0.39 is 0 Å². The first-order valence-corrected chi connectivity index (χ1v) is 5.75. The number of aromatic hydroxyl groups is 1. The van der Waals surface area contributed by atoms with Crippen LogP contribution in [0.4, 0.5) is 0 Å². The van der Waals surface area contributed by atoms with Gasteiger partial charge in [-0.3, -0.25) is 4.79 Å². The van der Waals surface area contributed by atoms with E-state index in [1.165, 1.54) is 12.1 Å². The Morgan fingerprint density at radius 2 is 2.12 bits per heavy atom. The fourth-order valence-electron chi connectivity index (χ4n) is 1.61. The van der Waals surface area contributed by atoms with Crippen LogP contribution in [-0.2, 0) is 0 Å².